The van der Waals surface area contributed by atoms with E-state index in [0.717, 1.165) is 19.5 Å². The second kappa shape index (κ2) is 6.95. The SMILES string of the molecule is CCCNCc1ccn(CCS(=O)(=O)C(C)C)c1. The third kappa shape index (κ3) is 4.82. The molecule has 1 rings (SSSR count). The Bertz CT molecular complexity index is 449. The van der Waals surface area contributed by atoms with E-state index in [9.17, 15) is 8.42 Å². The van der Waals surface area contributed by atoms with Crippen molar-refractivity contribution in [1.82, 2.24) is 9.88 Å². The summed E-state index contributed by atoms with van der Waals surface area (Å²) in [6.45, 7) is 7.98. The Hall–Kier alpha value is -0.810. The van der Waals surface area contributed by atoms with Crippen LogP contribution in [-0.4, -0.2) is 30.5 Å². The van der Waals surface area contributed by atoms with E-state index in [2.05, 4.69) is 12.2 Å². The molecule has 0 atom stereocenters. The summed E-state index contributed by atoms with van der Waals surface area (Å²) in [5, 5.41) is 3.03. The normalized spacial score (nSPS) is 12.2. The molecule has 1 aromatic heterocycles. The average molecular weight is 272 g/mol. The van der Waals surface area contributed by atoms with Crippen molar-refractivity contribution in [3.8, 4) is 0 Å². The van der Waals surface area contributed by atoms with Gasteiger partial charge in [-0.3, -0.25) is 0 Å². The lowest BCUT2D eigenvalue weighted by molar-refractivity contribution is 0.580. The second-order valence-corrected chi connectivity index (χ2v) is 7.53. The van der Waals surface area contributed by atoms with Crippen molar-refractivity contribution < 1.29 is 8.42 Å². The molecule has 0 aliphatic carbocycles. The van der Waals surface area contributed by atoms with Gasteiger partial charge in [-0.2, -0.15) is 0 Å². The van der Waals surface area contributed by atoms with Gasteiger partial charge in [0, 0.05) is 25.5 Å². The number of hydrogen-bond donors (Lipinski definition) is 1. The summed E-state index contributed by atoms with van der Waals surface area (Å²) in [4.78, 5) is 0. The smallest absolute Gasteiger partial charge is 0.154 e. The van der Waals surface area contributed by atoms with E-state index < -0.39 is 9.84 Å². The fourth-order valence-corrected chi connectivity index (χ4v) is 2.55. The van der Waals surface area contributed by atoms with Gasteiger partial charge < -0.3 is 9.88 Å². The van der Waals surface area contributed by atoms with Gasteiger partial charge in [0.25, 0.3) is 0 Å². The molecular formula is C13H24N2O2S. The van der Waals surface area contributed by atoms with Gasteiger partial charge >= 0.3 is 0 Å². The quantitative estimate of drug-likeness (QED) is 0.734. The number of nitrogens with one attached hydrogen (secondary N) is 1. The molecule has 0 fully saturated rings. The minimum atomic E-state index is -2.94. The van der Waals surface area contributed by atoms with Gasteiger partial charge in [0.15, 0.2) is 9.84 Å². The van der Waals surface area contributed by atoms with Crippen molar-refractivity contribution in [2.24, 2.45) is 0 Å². The first-order chi connectivity index (χ1) is 8.45. The van der Waals surface area contributed by atoms with Crippen LogP contribution in [0.25, 0.3) is 0 Å². The predicted molar refractivity (Wildman–Crippen MR) is 75.4 cm³/mol. The third-order valence-electron chi connectivity index (χ3n) is 2.92. The molecule has 1 N–H and O–H groups in total. The Morgan fingerprint density at radius 1 is 1.39 bits per heavy atom. The zero-order valence-electron chi connectivity index (χ0n) is 11.5. The lowest BCUT2D eigenvalue weighted by atomic mass is 10.3. The Balaban J connectivity index is 2.45. The molecule has 0 radical (unpaired) electrons. The van der Waals surface area contributed by atoms with Crippen molar-refractivity contribution in [1.29, 1.82) is 0 Å². The number of aromatic nitrogens is 1. The molecule has 0 spiro atoms. The van der Waals surface area contributed by atoms with E-state index in [-0.39, 0.29) is 11.0 Å². The number of nitrogens with zero attached hydrogens (tertiary/aromatic N) is 1. The van der Waals surface area contributed by atoms with Gasteiger partial charge in [-0.05, 0) is 38.4 Å². The van der Waals surface area contributed by atoms with Gasteiger partial charge in [0.2, 0.25) is 0 Å². The van der Waals surface area contributed by atoms with Crippen molar-refractivity contribution in [3.05, 3.63) is 24.0 Å². The largest absolute Gasteiger partial charge is 0.353 e. The van der Waals surface area contributed by atoms with Crippen LogP contribution in [-0.2, 0) is 22.9 Å². The van der Waals surface area contributed by atoms with Gasteiger partial charge in [-0.25, -0.2) is 8.42 Å². The molecule has 0 saturated carbocycles. The Morgan fingerprint density at radius 3 is 2.72 bits per heavy atom. The minimum Gasteiger partial charge on any atom is -0.353 e. The van der Waals surface area contributed by atoms with E-state index in [0.29, 0.717) is 6.54 Å². The molecular weight excluding hydrogens is 248 g/mol. The van der Waals surface area contributed by atoms with Gasteiger partial charge in [-0.1, -0.05) is 6.92 Å². The highest BCUT2D eigenvalue weighted by molar-refractivity contribution is 7.91. The van der Waals surface area contributed by atoms with Crippen molar-refractivity contribution in [2.75, 3.05) is 12.3 Å². The van der Waals surface area contributed by atoms with Crippen molar-refractivity contribution >= 4 is 9.84 Å². The summed E-state index contributed by atoms with van der Waals surface area (Å²) in [7, 11) is -2.94. The molecule has 0 saturated heterocycles. The molecule has 18 heavy (non-hydrogen) atoms. The number of sulfone groups is 1. The Morgan fingerprint density at radius 2 is 2.11 bits per heavy atom. The van der Waals surface area contributed by atoms with Crippen LogP contribution in [0.2, 0.25) is 0 Å². The summed E-state index contributed by atoms with van der Waals surface area (Å²) in [6, 6.07) is 2.03. The number of hydrogen-bond acceptors (Lipinski definition) is 3. The fourth-order valence-electron chi connectivity index (χ4n) is 1.61. The maximum Gasteiger partial charge on any atom is 0.154 e. The van der Waals surface area contributed by atoms with Crippen LogP contribution in [0, 0.1) is 0 Å². The highest BCUT2D eigenvalue weighted by Crippen LogP contribution is 2.05. The first-order valence-corrected chi connectivity index (χ1v) is 8.24. The van der Waals surface area contributed by atoms with Crippen LogP contribution in [0.15, 0.2) is 18.5 Å². The summed E-state index contributed by atoms with van der Waals surface area (Å²) >= 11 is 0. The van der Waals surface area contributed by atoms with Crippen molar-refractivity contribution in [2.45, 2.75) is 45.5 Å². The van der Waals surface area contributed by atoms with Crippen LogP contribution in [0.3, 0.4) is 0 Å². The van der Waals surface area contributed by atoms with Crippen LogP contribution in [0.1, 0.15) is 32.8 Å². The third-order valence-corrected chi connectivity index (χ3v) is 5.11. The monoisotopic (exact) mass is 272 g/mol. The molecule has 5 heteroatoms. The topological polar surface area (TPSA) is 51.1 Å². The molecule has 0 aromatic carbocycles. The van der Waals surface area contributed by atoms with Crippen LogP contribution >= 0.6 is 0 Å². The first-order valence-electron chi connectivity index (χ1n) is 6.52. The van der Waals surface area contributed by atoms with Crippen LogP contribution in [0.5, 0.6) is 0 Å². The standard InChI is InChI=1S/C13H24N2O2S/c1-4-6-14-10-13-5-7-15(11-13)8-9-18(16,17)12(2)3/h5,7,11-12,14H,4,6,8-10H2,1-3H3. The van der Waals surface area contributed by atoms with Crippen LogP contribution < -0.4 is 5.32 Å². The highest BCUT2D eigenvalue weighted by Gasteiger charge is 2.15. The van der Waals surface area contributed by atoms with E-state index in [1.165, 1.54) is 5.56 Å². The Labute approximate surface area is 110 Å². The zero-order valence-corrected chi connectivity index (χ0v) is 12.3. The predicted octanol–water partition coefficient (Wildman–Crippen LogP) is 1.81. The molecule has 0 amide bonds. The molecule has 104 valence electrons. The summed E-state index contributed by atoms with van der Waals surface area (Å²) in [5.74, 6) is 0.209. The zero-order chi connectivity index (χ0) is 13.6. The number of rotatable bonds is 8. The average Bonchev–Trinajstić information content (AvgIpc) is 2.75. The maximum absolute atomic E-state index is 11.7. The minimum absolute atomic E-state index is 0.209. The molecule has 0 aliphatic rings. The van der Waals surface area contributed by atoms with Crippen molar-refractivity contribution in [3.63, 3.8) is 0 Å². The molecule has 1 aromatic rings. The molecule has 1 heterocycles. The van der Waals surface area contributed by atoms with Gasteiger partial charge in [0.1, 0.15) is 0 Å². The maximum atomic E-state index is 11.7. The van der Waals surface area contributed by atoms with E-state index in [1.54, 1.807) is 13.8 Å². The molecule has 0 aliphatic heterocycles. The molecule has 0 unspecified atom stereocenters. The van der Waals surface area contributed by atoms with Crippen LogP contribution in [0.4, 0.5) is 0 Å². The fraction of sp³-hybridized carbons (Fsp3) is 0.692. The van der Waals surface area contributed by atoms with E-state index in [1.807, 2.05) is 23.0 Å². The lowest BCUT2D eigenvalue weighted by Crippen LogP contribution is -2.20. The molecule has 0 bridgehead atoms. The summed E-state index contributed by atoms with van der Waals surface area (Å²) in [5.41, 5.74) is 1.20. The summed E-state index contributed by atoms with van der Waals surface area (Å²) in [6.07, 6.45) is 5.07. The Kier molecular flexibility index (Phi) is 5.88. The molecule has 4 nitrogen and oxygen atoms in total. The second-order valence-electron chi connectivity index (χ2n) is 4.85. The highest BCUT2D eigenvalue weighted by atomic mass is 32.2. The van der Waals surface area contributed by atoms with E-state index >= 15 is 0 Å². The van der Waals surface area contributed by atoms with E-state index in [4.69, 9.17) is 0 Å². The van der Waals surface area contributed by atoms with Gasteiger partial charge in [-0.15, -0.1) is 0 Å². The number of aryl methyl sites for hydroxylation is 1. The first kappa shape index (κ1) is 15.2. The lowest BCUT2D eigenvalue weighted by Gasteiger charge is -2.08. The van der Waals surface area contributed by atoms with Gasteiger partial charge in [0.05, 0.1) is 11.0 Å². The summed E-state index contributed by atoms with van der Waals surface area (Å²) < 4.78 is 25.3.